The van der Waals surface area contributed by atoms with Gasteiger partial charge in [0, 0.05) is 11.3 Å². The molecule has 0 heterocycles. The zero-order valence-electron chi connectivity index (χ0n) is 16.2. The average Bonchev–Trinajstić information content (AvgIpc) is 3.14. The molecular formula is C21H25N3O4S. The number of primary amides is 1. The highest BCUT2D eigenvalue weighted by Crippen LogP contribution is 2.36. The summed E-state index contributed by atoms with van der Waals surface area (Å²) in [5.74, 6) is -0.749. The Morgan fingerprint density at radius 2 is 1.86 bits per heavy atom. The van der Waals surface area contributed by atoms with Gasteiger partial charge in [-0.3, -0.25) is 4.79 Å². The number of nitrogens with one attached hydrogen (secondary N) is 2. The molecule has 0 saturated heterocycles. The Morgan fingerprint density at radius 1 is 1.07 bits per heavy atom. The molecule has 4 N–H and O–H groups in total. The number of carbonyl (C=O) groups excluding carboxylic acids is 2. The molecule has 154 valence electrons. The summed E-state index contributed by atoms with van der Waals surface area (Å²) in [5, 5.41) is 2.72. The number of hydrogen-bond acceptors (Lipinski definition) is 4. The summed E-state index contributed by atoms with van der Waals surface area (Å²) < 4.78 is 27.2. The van der Waals surface area contributed by atoms with E-state index in [1.807, 2.05) is 4.72 Å². The average molecular weight is 416 g/mol. The molecule has 0 atom stereocenters. The van der Waals surface area contributed by atoms with Crippen LogP contribution in [0.25, 0.3) is 0 Å². The minimum absolute atomic E-state index is 0.0450. The minimum Gasteiger partial charge on any atom is -0.366 e. The predicted molar refractivity (Wildman–Crippen MR) is 110 cm³/mol. The second-order valence-electron chi connectivity index (χ2n) is 7.24. The number of hydrogen-bond donors (Lipinski definition) is 3. The zero-order valence-corrected chi connectivity index (χ0v) is 17.0. The van der Waals surface area contributed by atoms with Crippen LogP contribution >= 0.6 is 0 Å². The third kappa shape index (κ3) is 4.95. The van der Waals surface area contributed by atoms with Crippen LogP contribution in [-0.2, 0) is 10.0 Å². The van der Waals surface area contributed by atoms with E-state index in [1.54, 1.807) is 0 Å². The van der Waals surface area contributed by atoms with Gasteiger partial charge < -0.3 is 11.1 Å². The lowest BCUT2D eigenvalue weighted by Gasteiger charge is -2.17. The van der Waals surface area contributed by atoms with Gasteiger partial charge in [0.05, 0.1) is 4.90 Å². The van der Waals surface area contributed by atoms with E-state index in [0.717, 1.165) is 62.2 Å². The largest absolute Gasteiger partial charge is 0.366 e. The lowest BCUT2D eigenvalue weighted by Crippen LogP contribution is -2.39. The van der Waals surface area contributed by atoms with Crippen LogP contribution in [0, 0.1) is 0 Å². The fraction of sp³-hybridized carbons (Fsp3) is 0.333. The highest BCUT2D eigenvalue weighted by molar-refractivity contribution is 7.90. The summed E-state index contributed by atoms with van der Waals surface area (Å²) in [5.41, 5.74) is 8.92. The molecule has 3 rings (SSSR count). The SMILES string of the molecule is C=C1CCCC/C=C2/CCCC2=C1NC(=O)NS(=O)(=O)c1cccc(C(N)=O)c1. The van der Waals surface area contributed by atoms with Crippen LogP contribution in [0.15, 0.2) is 64.2 Å². The van der Waals surface area contributed by atoms with E-state index in [0.29, 0.717) is 5.70 Å². The molecule has 0 unspecified atom stereocenters. The maximum atomic E-state index is 12.6. The number of nitrogens with two attached hydrogens (primary N) is 1. The van der Waals surface area contributed by atoms with Crippen molar-refractivity contribution < 1.29 is 18.0 Å². The Labute approximate surface area is 170 Å². The van der Waals surface area contributed by atoms with Gasteiger partial charge in [0.25, 0.3) is 10.0 Å². The van der Waals surface area contributed by atoms with Crippen LogP contribution in [-0.4, -0.2) is 20.4 Å². The quantitative estimate of drug-likeness (QED) is 0.699. The Balaban J connectivity index is 1.83. The zero-order chi connectivity index (χ0) is 21.0. The molecule has 29 heavy (non-hydrogen) atoms. The highest BCUT2D eigenvalue weighted by atomic mass is 32.2. The first kappa shape index (κ1) is 20.9. The first-order chi connectivity index (χ1) is 13.8. The van der Waals surface area contributed by atoms with Crippen molar-refractivity contribution >= 4 is 22.0 Å². The highest BCUT2D eigenvalue weighted by Gasteiger charge is 2.24. The number of rotatable bonds is 4. The summed E-state index contributed by atoms with van der Waals surface area (Å²) in [7, 11) is -4.17. The van der Waals surface area contributed by atoms with E-state index in [2.05, 4.69) is 18.0 Å². The molecule has 1 saturated carbocycles. The summed E-state index contributed by atoms with van der Waals surface area (Å²) in [6.07, 6.45) is 8.75. The van der Waals surface area contributed by atoms with E-state index in [4.69, 9.17) is 5.73 Å². The van der Waals surface area contributed by atoms with Gasteiger partial charge in [-0.15, -0.1) is 0 Å². The summed E-state index contributed by atoms with van der Waals surface area (Å²) in [4.78, 5) is 23.6. The van der Waals surface area contributed by atoms with Crippen LogP contribution in [0.2, 0.25) is 0 Å². The molecule has 0 bridgehead atoms. The molecule has 0 radical (unpaired) electrons. The molecule has 1 fully saturated rings. The van der Waals surface area contributed by atoms with E-state index in [1.165, 1.54) is 23.8 Å². The number of fused-ring (bicyclic) bond motifs is 1. The number of sulfonamides is 1. The lowest BCUT2D eigenvalue weighted by molar-refractivity contribution is 0.1000. The number of allylic oxidation sites excluding steroid dienone is 4. The van der Waals surface area contributed by atoms with Crippen molar-refractivity contribution in [3.05, 3.63) is 64.9 Å². The second-order valence-corrected chi connectivity index (χ2v) is 8.92. The van der Waals surface area contributed by atoms with Crippen molar-refractivity contribution in [2.45, 2.75) is 49.8 Å². The second kappa shape index (κ2) is 8.65. The fourth-order valence-corrected chi connectivity index (χ4v) is 4.63. The van der Waals surface area contributed by atoms with Crippen LogP contribution in [0.4, 0.5) is 4.79 Å². The normalized spacial score (nSPS) is 19.3. The Bertz CT molecular complexity index is 1020. The summed E-state index contributed by atoms with van der Waals surface area (Å²) in [6.45, 7) is 4.11. The van der Waals surface area contributed by atoms with Crippen molar-refractivity contribution in [1.29, 1.82) is 0 Å². The summed E-state index contributed by atoms with van der Waals surface area (Å²) in [6, 6.07) is 4.37. The topological polar surface area (TPSA) is 118 Å². The molecule has 8 heteroatoms. The molecule has 0 aliphatic heterocycles. The van der Waals surface area contributed by atoms with Crippen LogP contribution in [0.1, 0.15) is 55.3 Å². The van der Waals surface area contributed by atoms with Crippen LogP contribution < -0.4 is 15.8 Å². The molecule has 2 aliphatic carbocycles. The maximum Gasteiger partial charge on any atom is 0.333 e. The standard InChI is InChI=1S/C21H25N3O4S/c1-14-7-3-2-4-8-15-9-6-12-18(15)19(14)23-21(26)24-29(27,28)17-11-5-10-16(13-17)20(22)25/h5,8,10-11,13H,1-4,6-7,9,12H2,(H2,22,25)(H2,23,24,26)/b15-8-,19-18?. The lowest BCUT2D eigenvalue weighted by atomic mass is 10.0. The van der Waals surface area contributed by atoms with E-state index in [-0.39, 0.29) is 10.5 Å². The van der Waals surface area contributed by atoms with Gasteiger partial charge in [0.15, 0.2) is 0 Å². The number of amides is 3. The van der Waals surface area contributed by atoms with Gasteiger partial charge in [0.2, 0.25) is 5.91 Å². The molecule has 1 aromatic carbocycles. The van der Waals surface area contributed by atoms with Crippen LogP contribution in [0.3, 0.4) is 0 Å². The first-order valence-electron chi connectivity index (χ1n) is 9.62. The molecule has 0 aromatic heterocycles. The molecule has 3 amide bonds. The van der Waals surface area contributed by atoms with Gasteiger partial charge in [0.1, 0.15) is 0 Å². The Morgan fingerprint density at radius 3 is 2.62 bits per heavy atom. The predicted octanol–water partition coefficient (Wildman–Crippen LogP) is 3.27. The third-order valence-corrected chi connectivity index (χ3v) is 6.46. The molecule has 7 nitrogen and oxygen atoms in total. The molecule has 2 aliphatic rings. The minimum atomic E-state index is -4.17. The van der Waals surface area contributed by atoms with Crippen molar-refractivity contribution in [3.8, 4) is 0 Å². The Kier molecular flexibility index (Phi) is 6.22. The van der Waals surface area contributed by atoms with Crippen LogP contribution in [0.5, 0.6) is 0 Å². The van der Waals surface area contributed by atoms with Gasteiger partial charge in [-0.1, -0.05) is 18.7 Å². The van der Waals surface area contributed by atoms with E-state index in [9.17, 15) is 18.0 Å². The molecular weight excluding hydrogens is 390 g/mol. The fourth-order valence-electron chi connectivity index (χ4n) is 3.68. The number of carbonyl (C=O) groups is 2. The molecule has 0 spiro atoms. The van der Waals surface area contributed by atoms with Crippen molar-refractivity contribution in [1.82, 2.24) is 10.0 Å². The smallest absolute Gasteiger partial charge is 0.333 e. The summed E-state index contributed by atoms with van der Waals surface area (Å²) >= 11 is 0. The van der Waals surface area contributed by atoms with Gasteiger partial charge >= 0.3 is 6.03 Å². The van der Waals surface area contributed by atoms with E-state index >= 15 is 0 Å². The van der Waals surface area contributed by atoms with Crippen molar-refractivity contribution in [2.75, 3.05) is 0 Å². The van der Waals surface area contributed by atoms with E-state index < -0.39 is 22.0 Å². The third-order valence-electron chi connectivity index (χ3n) is 5.13. The number of urea groups is 1. The van der Waals surface area contributed by atoms with Crippen molar-refractivity contribution in [2.24, 2.45) is 5.73 Å². The number of benzene rings is 1. The van der Waals surface area contributed by atoms with Gasteiger partial charge in [-0.2, -0.15) is 0 Å². The van der Waals surface area contributed by atoms with Gasteiger partial charge in [-0.05, 0) is 79.9 Å². The molecule has 1 aromatic rings. The Hall–Kier alpha value is -2.87. The van der Waals surface area contributed by atoms with Crippen molar-refractivity contribution in [3.63, 3.8) is 0 Å². The monoisotopic (exact) mass is 415 g/mol. The maximum absolute atomic E-state index is 12.6. The first-order valence-corrected chi connectivity index (χ1v) is 11.1. The van der Waals surface area contributed by atoms with Gasteiger partial charge in [-0.25, -0.2) is 17.9 Å².